The summed E-state index contributed by atoms with van der Waals surface area (Å²) in [6.45, 7) is 5.45. The molecule has 2 amide bonds. The first-order valence-corrected chi connectivity index (χ1v) is 10.2. The Labute approximate surface area is 155 Å². The van der Waals surface area contributed by atoms with E-state index in [9.17, 15) is 13.2 Å². The molecule has 6 heteroatoms. The fourth-order valence-electron chi connectivity index (χ4n) is 3.46. The van der Waals surface area contributed by atoms with Gasteiger partial charge in [0.15, 0.2) is 9.84 Å². The molecule has 0 aliphatic carbocycles. The van der Waals surface area contributed by atoms with Gasteiger partial charge in [-0.3, -0.25) is 4.90 Å². The molecule has 1 saturated heterocycles. The lowest BCUT2D eigenvalue weighted by molar-refractivity contribution is 0.187. The highest BCUT2D eigenvalue weighted by molar-refractivity contribution is 7.92. The second-order valence-corrected chi connectivity index (χ2v) is 9.10. The minimum atomic E-state index is -3.68. The van der Waals surface area contributed by atoms with E-state index in [1.54, 1.807) is 43.1 Å². The first kappa shape index (κ1) is 18.5. The van der Waals surface area contributed by atoms with Crippen molar-refractivity contribution in [2.24, 2.45) is 0 Å². The molecule has 0 aromatic heterocycles. The number of carbonyl (C=O) groups excluding carboxylic acids is 1. The van der Waals surface area contributed by atoms with Crippen LogP contribution in [-0.2, 0) is 9.84 Å². The van der Waals surface area contributed by atoms with Gasteiger partial charge in [0.2, 0.25) is 0 Å². The second-order valence-electron chi connectivity index (χ2n) is 6.85. The van der Waals surface area contributed by atoms with E-state index in [0.717, 1.165) is 11.1 Å². The molecule has 0 saturated carbocycles. The molecule has 3 rings (SSSR count). The first-order valence-electron chi connectivity index (χ1n) is 8.66. The van der Waals surface area contributed by atoms with Gasteiger partial charge in [-0.2, -0.15) is 0 Å². The van der Waals surface area contributed by atoms with E-state index in [1.807, 2.05) is 44.2 Å². The number of hydrogen-bond donors (Lipinski definition) is 0. The highest BCUT2D eigenvalue weighted by Gasteiger charge is 2.47. The standard InChI is InChI=1S/C20H24N2O3S/c1-14-10-12-18(13-11-14)26(24,25)16(3)22-19(15(2)21(4)20(22)23)17-8-6-5-7-9-17/h5-13,15-16,19H,1-4H3/t15-,16-,19-/m0/s1. The van der Waals surface area contributed by atoms with Crippen LogP contribution in [0.25, 0.3) is 0 Å². The zero-order chi connectivity index (χ0) is 19.1. The summed E-state index contributed by atoms with van der Waals surface area (Å²) < 4.78 is 26.3. The monoisotopic (exact) mass is 372 g/mol. The zero-order valence-corrected chi connectivity index (χ0v) is 16.3. The molecule has 2 aromatic rings. The molecule has 0 bridgehead atoms. The predicted octanol–water partition coefficient (Wildman–Crippen LogP) is 3.61. The van der Waals surface area contributed by atoms with Crippen molar-refractivity contribution in [3.05, 3.63) is 65.7 Å². The number of sulfone groups is 1. The number of amides is 2. The van der Waals surface area contributed by atoms with Crippen molar-refractivity contribution >= 4 is 15.9 Å². The van der Waals surface area contributed by atoms with Crippen LogP contribution in [0.15, 0.2) is 59.5 Å². The maximum atomic E-state index is 13.2. The number of nitrogens with zero attached hydrogens (tertiary/aromatic N) is 2. The quantitative estimate of drug-likeness (QED) is 0.824. The van der Waals surface area contributed by atoms with E-state index >= 15 is 0 Å². The van der Waals surface area contributed by atoms with Gasteiger partial charge in [0.25, 0.3) is 0 Å². The predicted molar refractivity (Wildman–Crippen MR) is 101 cm³/mol. The van der Waals surface area contributed by atoms with Gasteiger partial charge in [0.1, 0.15) is 5.37 Å². The van der Waals surface area contributed by atoms with Gasteiger partial charge in [-0.15, -0.1) is 0 Å². The molecule has 138 valence electrons. The molecule has 1 aliphatic heterocycles. The Bertz CT molecular complexity index is 894. The van der Waals surface area contributed by atoms with E-state index in [1.165, 1.54) is 4.90 Å². The van der Waals surface area contributed by atoms with Crippen molar-refractivity contribution in [2.75, 3.05) is 7.05 Å². The number of hydrogen-bond acceptors (Lipinski definition) is 3. The van der Waals surface area contributed by atoms with Crippen molar-refractivity contribution in [1.29, 1.82) is 0 Å². The summed E-state index contributed by atoms with van der Waals surface area (Å²) in [6.07, 6.45) is 0. The van der Waals surface area contributed by atoms with Crippen LogP contribution < -0.4 is 0 Å². The van der Waals surface area contributed by atoms with Gasteiger partial charge in [0, 0.05) is 7.05 Å². The average molecular weight is 372 g/mol. The third-order valence-corrected chi connectivity index (χ3v) is 7.28. The van der Waals surface area contributed by atoms with Crippen molar-refractivity contribution in [2.45, 2.75) is 43.1 Å². The molecule has 0 spiro atoms. The Morgan fingerprint density at radius 2 is 1.58 bits per heavy atom. The van der Waals surface area contributed by atoms with Gasteiger partial charge < -0.3 is 4.90 Å². The molecular weight excluding hydrogens is 348 g/mol. The maximum absolute atomic E-state index is 13.2. The second kappa shape index (κ2) is 6.76. The molecule has 0 radical (unpaired) electrons. The summed E-state index contributed by atoms with van der Waals surface area (Å²) >= 11 is 0. The van der Waals surface area contributed by atoms with Crippen molar-refractivity contribution < 1.29 is 13.2 Å². The molecular formula is C20H24N2O3S. The third-order valence-electron chi connectivity index (χ3n) is 5.22. The van der Waals surface area contributed by atoms with Gasteiger partial charge in [-0.25, -0.2) is 13.2 Å². The van der Waals surface area contributed by atoms with E-state index in [4.69, 9.17) is 0 Å². The molecule has 5 nitrogen and oxygen atoms in total. The highest BCUT2D eigenvalue weighted by atomic mass is 32.2. The van der Waals surface area contributed by atoms with Crippen molar-refractivity contribution in [3.63, 3.8) is 0 Å². The fraction of sp³-hybridized carbons (Fsp3) is 0.350. The van der Waals surface area contributed by atoms with Gasteiger partial charge in [0.05, 0.1) is 17.0 Å². The number of urea groups is 1. The summed E-state index contributed by atoms with van der Waals surface area (Å²) in [4.78, 5) is 16.2. The fourth-order valence-corrected chi connectivity index (χ4v) is 4.89. The summed E-state index contributed by atoms with van der Waals surface area (Å²) in [7, 11) is -1.96. The van der Waals surface area contributed by atoms with Crippen LogP contribution in [0.1, 0.15) is 31.0 Å². The number of rotatable bonds is 4. The number of likely N-dealkylation sites (N-methyl/N-ethyl adjacent to an activating group) is 1. The lowest BCUT2D eigenvalue weighted by atomic mass is 10.0. The Kier molecular flexibility index (Phi) is 4.80. The van der Waals surface area contributed by atoms with Gasteiger partial charge in [-0.05, 0) is 38.5 Å². The normalized spacial score (nSPS) is 21.9. The Balaban J connectivity index is 2.04. The molecule has 3 atom stereocenters. The van der Waals surface area contributed by atoms with Crippen molar-refractivity contribution in [1.82, 2.24) is 9.80 Å². The SMILES string of the molecule is Cc1ccc(S(=O)(=O)[C@@H](C)N2C(=O)N(C)[C@@H](C)[C@H]2c2ccccc2)cc1. The van der Waals surface area contributed by atoms with E-state index in [-0.39, 0.29) is 23.0 Å². The molecule has 0 unspecified atom stereocenters. The van der Waals surface area contributed by atoms with Crippen LogP contribution in [0, 0.1) is 6.92 Å². The summed E-state index contributed by atoms with van der Waals surface area (Å²) in [5, 5.41) is -0.963. The van der Waals surface area contributed by atoms with E-state index < -0.39 is 15.2 Å². The van der Waals surface area contributed by atoms with Crippen LogP contribution in [0.4, 0.5) is 4.79 Å². The first-order chi connectivity index (χ1) is 12.2. The Morgan fingerprint density at radius 3 is 2.15 bits per heavy atom. The smallest absolute Gasteiger partial charge is 0.321 e. The average Bonchev–Trinajstić information content (AvgIpc) is 2.86. The van der Waals surface area contributed by atoms with Gasteiger partial charge in [-0.1, -0.05) is 48.0 Å². The molecule has 1 heterocycles. The summed E-state index contributed by atoms with van der Waals surface area (Å²) in [5.74, 6) is 0. The largest absolute Gasteiger partial charge is 0.323 e. The van der Waals surface area contributed by atoms with Crippen molar-refractivity contribution in [3.8, 4) is 0 Å². The molecule has 2 aromatic carbocycles. The number of benzene rings is 2. The zero-order valence-electron chi connectivity index (χ0n) is 15.5. The third kappa shape index (κ3) is 2.98. The Hall–Kier alpha value is -2.34. The van der Waals surface area contributed by atoms with Crippen LogP contribution in [0.5, 0.6) is 0 Å². The van der Waals surface area contributed by atoms with Crippen LogP contribution >= 0.6 is 0 Å². The molecule has 1 fully saturated rings. The lowest BCUT2D eigenvalue weighted by Gasteiger charge is -2.30. The number of aryl methyl sites for hydroxylation is 1. The molecule has 0 N–H and O–H groups in total. The summed E-state index contributed by atoms with van der Waals surface area (Å²) in [6, 6.07) is 15.6. The molecule has 1 aliphatic rings. The minimum Gasteiger partial charge on any atom is -0.323 e. The minimum absolute atomic E-state index is 0.124. The highest BCUT2D eigenvalue weighted by Crippen LogP contribution is 2.38. The van der Waals surface area contributed by atoms with Crippen LogP contribution in [0.3, 0.4) is 0 Å². The van der Waals surface area contributed by atoms with Crippen LogP contribution in [0.2, 0.25) is 0 Å². The van der Waals surface area contributed by atoms with Crippen LogP contribution in [-0.4, -0.2) is 42.7 Å². The molecule has 26 heavy (non-hydrogen) atoms. The topological polar surface area (TPSA) is 57.7 Å². The van der Waals surface area contributed by atoms with E-state index in [2.05, 4.69) is 0 Å². The lowest BCUT2D eigenvalue weighted by Crippen LogP contribution is -2.42. The maximum Gasteiger partial charge on any atom is 0.321 e. The van der Waals surface area contributed by atoms with E-state index in [0.29, 0.717) is 0 Å². The number of carbonyl (C=O) groups is 1. The van der Waals surface area contributed by atoms with Gasteiger partial charge >= 0.3 is 6.03 Å². The summed E-state index contributed by atoms with van der Waals surface area (Å²) in [5.41, 5.74) is 1.92. The Morgan fingerprint density at radius 1 is 1.00 bits per heavy atom.